The van der Waals surface area contributed by atoms with Gasteiger partial charge in [-0.2, -0.15) is 0 Å². The number of benzene rings is 3. The number of nitrogens with zero attached hydrogens (tertiary/aromatic N) is 3. The van der Waals surface area contributed by atoms with Crippen LogP contribution in [0.25, 0.3) is 6.08 Å². The van der Waals surface area contributed by atoms with E-state index in [0.717, 1.165) is 27.3 Å². The van der Waals surface area contributed by atoms with E-state index in [-0.39, 0.29) is 17.7 Å². The van der Waals surface area contributed by atoms with E-state index in [4.69, 9.17) is 4.42 Å². The van der Waals surface area contributed by atoms with Gasteiger partial charge in [-0.1, -0.05) is 60.3 Å². The first kappa shape index (κ1) is 26.7. The number of carbonyl (C=O) groups is 3. The van der Waals surface area contributed by atoms with Crippen molar-refractivity contribution in [3.05, 3.63) is 124 Å². The van der Waals surface area contributed by atoms with Crippen molar-refractivity contribution in [2.75, 3.05) is 31.1 Å². The average Bonchev–Trinajstić information content (AvgIpc) is 3.55. The second-order valence-corrected chi connectivity index (χ2v) is 11.2. The molecule has 2 aliphatic rings. The van der Waals surface area contributed by atoms with Gasteiger partial charge in [0.25, 0.3) is 17.7 Å². The summed E-state index contributed by atoms with van der Waals surface area (Å²) in [5.41, 5.74) is 4.59. The van der Waals surface area contributed by atoms with Crippen molar-refractivity contribution in [2.24, 2.45) is 0 Å². The summed E-state index contributed by atoms with van der Waals surface area (Å²) in [5, 5.41) is 0. The fraction of sp³-hybridized carbons (Fsp3) is 0.182. The Morgan fingerprint density at radius 2 is 1.51 bits per heavy atom. The monoisotopic (exact) mass is 563 g/mol. The molecule has 1 fully saturated rings. The lowest BCUT2D eigenvalue weighted by Crippen LogP contribution is -2.50. The van der Waals surface area contributed by atoms with Gasteiger partial charge in [0.05, 0.1) is 23.4 Å². The normalized spacial score (nSPS) is 16.2. The third-order valence-electron chi connectivity index (χ3n) is 7.46. The van der Waals surface area contributed by atoms with E-state index in [9.17, 15) is 14.4 Å². The molecule has 6 rings (SSSR count). The van der Waals surface area contributed by atoms with Gasteiger partial charge in [0, 0.05) is 36.6 Å². The maximum Gasteiger partial charge on any atom is 0.289 e. The number of carbonyl (C=O) groups excluding carboxylic acids is 3. The number of aryl methyl sites for hydroxylation is 1. The number of thioether (sulfide) groups is 1. The predicted molar refractivity (Wildman–Crippen MR) is 160 cm³/mol. The van der Waals surface area contributed by atoms with Crippen molar-refractivity contribution in [1.29, 1.82) is 0 Å². The highest BCUT2D eigenvalue weighted by Crippen LogP contribution is 2.42. The van der Waals surface area contributed by atoms with Gasteiger partial charge in [0.2, 0.25) is 0 Å². The van der Waals surface area contributed by atoms with Gasteiger partial charge in [-0.05, 0) is 66.1 Å². The van der Waals surface area contributed by atoms with Crippen molar-refractivity contribution in [1.82, 2.24) is 9.80 Å². The zero-order chi connectivity index (χ0) is 28.3. The molecule has 0 bridgehead atoms. The standard InChI is InChI=1S/C33H29N3O4S/c1-23-7-2-3-8-26(23)22-36-27-9-4-5-11-29(27)41-30(33(36)39)21-24-12-14-25(15-13-24)31(37)34-16-18-35(19-17-34)32(38)28-10-6-20-40-28/h2-15,20-21H,16-19,22H2,1H3. The summed E-state index contributed by atoms with van der Waals surface area (Å²) in [6.07, 6.45) is 3.37. The Morgan fingerprint density at radius 3 is 2.22 bits per heavy atom. The number of piperazine rings is 1. The molecular formula is C33H29N3O4S. The van der Waals surface area contributed by atoms with Crippen molar-refractivity contribution < 1.29 is 18.8 Å². The van der Waals surface area contributed by atoms with Gasteiger partial charge >= 0.3 is 0 Å². The summed E-state index contributed by atoms with van der Waals surface area (Å²) in [6.45, 7) is 4.37. The number of hydrogen-bond donors (Lipinski definition) is 0. The van der Waals surface area contributed by atoms with Crippen molar-refractivity contribution in [2.45, 2.75) is 18.4 Å². The molecule has 3 amide bonds. The second-order valence-electron chi connectivity index (χ2n) is 10.1. The Kier molecular flexibility index (Phi) is 7.48. The van der Waals surface area contributed by atoms with Crippen molar-refractivity contribution in [3.63, 3.8) is 0 Å². The van der Waals surface area contributed by atoms with E-state index in [0.29, 0.717) is 49.0 Å². The molecule has 0 unspecified atom stereocenters. The molecule has 8 heteroatoms. The number of para-hydroxylation sites is 1. The maximum atomic E-state index is 13.7. The summed E-state index contributed by atoms with van der Waals surface area (Å²) >= 11 is 1.47. The highest BCUT2D eigenvalue weighted by Gasteiger charge is 2.30. The zero-order valence-corrected chi connectivity index (χ0v) is 23.5. The highest BCUT2D eigenvalue weighted by molar-refractivity contribution is 8.04. The van der Waals surface area contributed by atoms with Crippen LogP contribution in [0.2, 0.25) is 0 Å². The minimum atomic E-state index is -0.158. The van der Waals surface area contributed by atoms with Gasteiger partial charge < -0.3 is 19.1 Å². The molecule has 1 saturated heterocycles. The van der Waals surface area contributed by atoms with Crippen LogP contribution in [0.5, 0.6) is 0 Å². The fourth-order valence-corrected chi connectivity index (χ4v) is 6.16. The molecule has 206 valence electrons. The maximum absolute atomic E-state index is 13.7. The van der Waals surface area contributed by atoms with Crippen LogP contribution >= 0.6 is 11.8 Å². The zero-order valence-electron chi connectivity index (χ0n) is 22.7. The molecule has 0 radical (unpaired) electrons. The molecule has 0 spiro atoms. The van der Waals surface area contributed by atoms with Crippen LogP contribution in [0.4, 0.5) is 5.69 Å². The lowest BCUT2D eigenvalue weighted by Gasteiger charge is -2.34. The summed E-state index contributed by atoms with van der Waals surface area (Å²) in [4.78, 5) is 46.3. The smallest absolute Gasteiger partial charge is 0.289 e. The summed E-state index contributed by atoms with van der Waals surface area (Å²) < 4.78 is 5.22. The first-order chi connectivity index (χ1) is 20.0. The Bertz CT molecular complexity index is 1620. The van der Waals surface area contributed by atoms with Gasteiger partial charge in [-0.25, -0.2) is 0 Å². The van der Waals surface area contributed by atoms with Crippen LogP contribution in [0.1, 0.15) is 37.6 Å². The first-order valence-corrected chi connectivity index (χ1v) is 14.4. The molecule has 0 saturated carbocycles. The topological polar surface area (TPSA) is 74.1 Å². The number of fused-ring (bicyclic) bond motifs is 1. The molecule has 2 aliphatic heterocycles. The molecule has 0 N–H and O–H groups in total. The van der Waals surface area contributed by atoms with Crippen LogP contribution in [0, 0.1) is 6.92 Å². The molecular weight excluding hydrogens is 534 g/mol. The van der Waals surface area contributed by atoms with Gasteiger partial charge in [-0.3, -0.25) is 14.4 Å². The van der Waals surface area contributed by atoms with Crippen molar-refractivity contribution in [3.8, 4) is 0 Å². The van der Waals surface area contributed by atoms with E-state index in [1.165, 1.54) is 18.0 Å². The van der Waals surface area contributed by atoms with E-state index in [2.05, 4.69) is 19.1 Å². The van der Waals surface area contributed by atoms with Gasteiger partial charge in [0.15, 0.2) is 5.76 Å². The van der Waals surface area contributed by atoms with E-state index < -0.39 is 0 Å². The third kappa shape index (κ3) is 5.56. The van der Waals surface area contributed by atoms with E-state index >= 15 is 0 Å². The molecule has 1 aromatic heterocycles. The molecule has 3 aromatic carbocycles. The van der Waals surface area contributed by atoms with Crippen LogP contribution < -0.4 is 4.90 Å². The largest absolute Gasteiger partial charge is 0.459 e. The lowest BCUT2D eigenvalue weighted by atomic mass is 10.1. The van der Waals surface area contributed by atoms with Gasteiger partial charge in [-0.15, -0.1) is 0 Å². The number of anilines is 1. The van der Waals surface area contributed by atoms with E-state index in [1.807, 2.05) is 59.5 Å². The van der Waals surface area contributed by atoms with E-state index in [1.54, 1.807) is 34.1 Å². The van der Waals surface area contributed by atoms with Crippen LogP contribution in [0.15, 0.2) is 105 Å². The average molecular weight is 564 g/mol. The summed E-state index contributed by atoms with van der Waals surface area (Å²) in [6, 6.07) is 26.8. The number of rotatable bonds is 5. The van der Waals surface area contributed by atoms with Crippen LogP contribution in [-0.4, -0.2) is 53.7 Å². The van der Waals surface area contributed by atoms with Crippen LogP contribution in [0.3, 0.4) is 0 Å². The Morgan fingerprint density at radius 1 is 0.829 bits per heavy atom. The molecule has 41 heavy (non-hydrogen) atoms. The second kappa shape index (κ2) is 11.5. The lowest BCUT2D eigenvalue weighted by molar-refractivity contribution is -0.114. The minimum absolute atomic E-state index is 0.0425. The molecule has 4 aromatic rings. The Hall–Kier alpha value is -4.56. The Labute approximate surface area is 243 Å². The fourth-order valence-electron chi connectivity index (χ4n) is 5.10. The van der Waals surface area contributed by atoms with Crippen LogP contribution in [-0.2, 0) is 11.3 Å². The Balaban J connectivity index is 1.15. The molecule has 3 heterocycles. The molecule has 0 atom stereocenters. The quantitative estimate of drug-likeness (QED) is 0.284. The third-order valence-corrected chi connectivity index (χ3v) is 8.54. The summed E-state index contributed by atoms with van der Waals surface area (Å²) in [7, 11) is 0. The first-order valence-electron chi connectivity index (χ1n) is 13.5. The molecule has 7 nitrogen and oxygen atoms in total. The number of furan rings is 1. The number of hydrogen-bond acceptors (Lipinski definition) is 5. The minimum Gasteiger partial charge on any atom is -0.459 e. The highest BCUT2D eigenvalue weighted by atomic mass is 32.2. The summed E-state index contributed by atoms with van der Waals surface area (Å²) in [5.74, 6) is 0.0374. The predicted octanol–water partition coefficient (Wildman–Crippen LogP) is 5.87. The molecule has 0 aliphatic carbocycles. The SMILES string of the molecule is Cc1ccccc1CN1C(=O)C(=Cc2ccc(C(=O)N3CCN(C(=O)c4ccco4)CC3)cc2)Sc2ccccc21. The van der Waals surface area contributed by atoms with Crippen molar-refractivity contribution >= 4 is 41.2 Å². The number of amides is 3. The van der Waals surface area contributed by atoms with Gasteiger partial charge in [0.1, 0.15) is 0 Å².